The minimum atomic E-state index is -1.12. The van der Waals surface area contributed by atoms with Gasteiger partial charge in [-0.15, -0.1) is 6.58 Å². The number of rotatable bonds is 6. The Balaban J connectivity index is 1.54. The number of fused-ring (bicyclic) bond motifs is 3. The number of β-lactam (4-membered cyclic amide) rings is 1. The Morgan fingerprint density at radius 1 is 1.00 bits per heavy atom. The maximum atomic E-state index is 13.1. The van der Waals surface area contributed by atoms with Gasteiger partial charge in [0.25, 0.3) is 11.8 Å². The first-order chi connectivity index (χ1) is 16.3. The normalized spacial score (nSPS) is 27.0. The first kappa shape index (κ1) is 21.8. The number of carbonyl (C=O) groups is 5. The molecule has 0 aliphatic carbocycles. The number of nitrogens with zero attached hydrogens (tertiary/aromatic N) is 2. The molecule has 4 aliphatic heterocycles. The van der Waals surface area contributed by atoms with Crippen LogP contribution in [0.2, 0.25) is 0 Å². The van der Waals surface area contributed by atoms with Gasteiger partial charge in [-0.3, -0.25) is 19.3 Å². The van der Waals surface area contributed by atoms with Crippen molar-refractivity contribution in [1.29, 1.82) is 0 Å². The van der Waals surface area contributed by atoms with Gasteiger partial charge in [0.05, 0.1) is 42.5 Å². The average molecular weight is 464 g/mol. The molecule has 4 atom stereocenters. The van der Waals surface area contributed by atoms with Gasteiger partial charge in [-0.2, -0.15) is 0 Å². The highest BCUT2D eigenvalue weighted by Crippen LogP contribution is 2.46. The number of likely N-dealkylation sites (tertiary alicyclic amines) is 1. The summed E-state index contributed by atoms with van der Waals surface area (Å²) in [5.41, 5.74) is 0.947. The second kappa shape index (κ2) is 7.77. The van der Waals surface area contributed by atoms with E-state index in [4.69, 9.17) is 14.2 Å². The fraction of sp³-hybridized carbons (Fsp3) is 0.292. The average Bonchev–Trinajstić information content (AvgIpc) is 3.51. The van der Waals surface area contributed by atoms with E-state index in [-0.39, 0.29) is 28.8 Å². The van der Waals surface area contributed by atoms with Gasteiger partial charge in [0.1, 0.15) is 18.2 Å². The molecular weight excluding hydrogens is 444 g/mol. The molecule has 1 aromatic carbocycles. The van der Waals surface area contributed by atoms with Crippen molar-refractivity contribution in [2.24, 2.45) is 0 Å². The number of hydrogen-bond donors (Lipinski definition) is 0. The number of ether oxygens (including phenoxy) is 3. The highest BCUT2D eigenvalue weighted by molar-refractivity contribution is 6.23. The number of imide groups is 1. The van der Waals surface area contributed by atoms with Crippen LogP contribution in [-0.2, 0) is 28.6 Å². The van der Waals surface area contributed by atoms with Crippen LogP contribution in [0.25, 0.3) is 0 Å². The number of methoxy groups -OCH3 is 2. The minimum absolute atomic E-state index is 0.0177. The lowest BCUT2D eigenvalue weighted by Crippen LogP contribution is -2.72. The summed E-state index contributed by atoms with van der Waals surface area (Å²) >= 11 is 0. The van der Waals surface area contributed by atoms with Crippen LogP contribution in [0.15, 0.2) is 59.7 Å². The van der Waals surface area contributed by atoms with Crippen LogP contribution in [0, 0.1) is 0 Å². The van der Waals surface area contributed by atoms with Gasteiger partial charge < -0.3 is 19.1 Å². The summed E-state index contributed by atoms with van der Waals surface area (Å²) in [6, 6.07) is 4.48. The highest BCUT2D eigenvalue weighted by Gasteiger charge is 2.61. The van der Waals surface area contributed by atoms with Gasteiger partial charge >= 0.3 is 11.9 Å². The van der Waals surface area contributed by atoms with Crippen molar-refractivity contribution < 1.29 is 38.2 Å². The van der Waals surface area contributed by atoms with E-state index >= 15 is 0 Å². The molecule has 4 aliphatic rings. The second-order valence-electron chi connectivity index (χ2n) is 8.11. The van der Waals surface area contributed by atoms with Crippen molar-refractivity contribution >= 4 is 29.7 Å². The van der Waals surface area contributed by atoms with E-state index in [1.165, 1.54) is 37.3 Å². The summed E-state index contributed by atoms with van der Waals surface area (Å²) in [4.78, 5) is 66.6. The molecule has 10 nitrogen and oxygen atoms in total. The highest BCUT2D eigenvalue weighted by atomic mass is 16.5. The molecule has 0 aromatic heterocycles. The Morgan fingerprint density at radius 2 is 1.59 bits per heavy atom. The van der Waals surface area contributed by atoms with Crippen LogP contribution < -0.4 is 0 Å². The first-order valence-corrected chi connectivity index (χ1v) is 10.5. The number of benzene rings is 1. The molecule has 1 aromatic rings. The van der Waals surface area contributed by atoms with Crippen LogP contribution in [0.3, 0.4) is 0 Å². The standard InChI is InChI=1S/C24H20N2O8/c1-4-9-25-17(13-10-14-15(23(30)32-2)16(19(13)34-14)24(31)33-3)18(22(25)29)26-20(27)11-7-5-6-8-12(11)21(26)28/h4-8,10,14,17-19H,1,9H2,2-3H3/t14-,17-,18+,19+/m0/s1. The molecule has 10 heteroatoms. The van der Waals surface area contributed by atoms with Gasteiger partial charge in [-0.25, -0.2) is 9.59 Å². The number of esters is 2. The summed E-state index contributed by atoms with van der Waals surface area (Å²) in [6.07, 6.45) is 1.27. The van der Waals surface area contributed by atoms with E-state index < -0.39 is 54.0 Å². The maximum absolute atomic E-state index is 13.1. The molecule has 0 saturated carbocycles. The second-order valence-corrected chi connectivity index (χ2v) is 8.11. The molecule has 4 heterocycles. The van der Waals surface area contributed by atoms with Crippen molar-refractivity contribution in [3.05, 3.63) is 70.8 Å². The molecule has 5 rings (SSSR count). The lowest BCUT2D eigenvalue weighted by atomic mass is 9.79. The molecule has 34 heavy (non-hydrogen) atoms. The first-order valence-electron chi connectivity index (χ1n) is 10.5. The molecular formula is C24H20N2O8. The third-order valence-electron chi connectivity index (χ3n) is 6.52. The summed E-state index contributed by atoms with van der Waals surface area (Å²) in [7, 11) is 2.37. The summed E-state index contributed by atoms with van der Waals surface area (Å²) in [5, 5.41) is 0. The number of carbonyl (C=O) groups excluding carboxylic acids is 5. The van der Waals surface area contributed by atoms with Crippen LogP contribution in [0.5, 0.6) is 0 Å². The molecule has 0 unspecified atom stereocenters. The molecule has 1 fully saturated rings. The van der Waals surface area contributed by atoms with Crippen molar-refractivity contribution in [3.63, 3.8) is 0 Å². The van der Waals surface area contributed by atoms with Crippen LogP contribution in [0.1, 0.15) is 20.7 Å². The fourth-order valence-electron chi connectivity index (χ4n) is 5.07. The summed E-state index contributed by atoms with van der Waals surface area (Å²) in [5.74, 6) is -3.05. The molecule has 174 valence electrons. The Bertz CT molecular complexity index is 1210. The van der Waals surface area contributed by atoms with Gasteiger partial charge in [0.15, 0.2) is 0 Å². The molecule has 0 spiro atoms. The van der Waals surface area contributed by atoms with Crippen LogP contribution >= 0.6 is 0 Å². The van der Waals surface area contributed by atoms with Crippen molar-refractivity contribution in [3.8, 4) is 0 Å². The zero-order chi connectivity index (χ0) is 24.3. The maximum Gasteiger partial charge on any atom is 0.337 e. The molecule has 2 bridgehead atoms. The van der Waals surface area contributed by atoms with E-state index in [9.17, 15) is 24.0 Å². The topological polar surface area (TPSA) is 120 Å². The molecule has 0 radical (unpaired) electrons. The van der Waals surface area contributed by atoms with E-state index in [1.54, 1.807) is 18.2 Å². The smallest absolute Gasteiger partial charge is 0.337 e. The minimum Gasteiger partial charge on any atom is -0.466 e. The van der Waals surface area contributed by atoms with Crippen molar-refractivity contribution in [2.75, 3.05) is 20.8 Å². The third-order valence-corrected chi connectivity index (χ3v) is 6.52. The predicted octanol–water partition coefficient (Wildman–Crippen LogP) is 0.398. The van der Waals surface area contributed by atoms with E-state index in [1.807, 2.05) is 0 Å². The Labute approximate surface area is 194 Å². The fourth-order valence-corrected chi connectivity index (χ4v) is 5.07. The van der Waals surface area contributed by atoms with Gasteiger partial charge in [0.2, 0.25) is 5.91 Å². The quantitative estimate of drug-likeness (QED) is 0.257. The van der Waals surface area contributed by atoms with Gasteiger partial charge in [-0.1, -0.05) is 18.2 Å². The molecule has 3 amide bonds. The lowest BCUT2D eigenvalue weighted by molar-refractivity contribution is -0.152. The van der Waals surface area contributed by atoms with Gasteiger partial charge in [-0.05, 0) is 23.8 Å². The summed E-state index contributed by atoms with van der Waals surface area (Å²) in [6.45, 7) is 3.83. The van der Waals surface area contributed by atoms with E-state index in [0.29, 0.717) is 5.57 Å². The predicted molar refractivity (Wildman–Crippen MR) is 114 cm³/mol. The van der Waals surface area contributed by atoms with Crippen LogP contribution in [0.4, 0.5) is 0 Å². The number of hydrogen-bond acceptors (Lipinski definition) is 8. The monoisotopic (exact) mass is 464 g/mol. The largest absolute Gasteiger partial charge is 0.466 e. The number of amides is 3. The SMILES string of the molecule is C=CCN1C(=O)[C@H](N2C(=O)c3ccccc3C2=O)[C@@H]1C1=C[C@@H]2O[C@H]1C(C(=O)OC)=C2C(=O)OC. The lowest BCUT2D eigenvalue weighted by Gasteiger charge is -2.50. The Hall–Kier alpha value is -4.05. The zero-order valence-electron chi connectivity index (χ0n) is 18.3. The Kier molecular flexibility index (Phi) is 4.98. The summed E-state index contributed by atoms with van der Waals surface area (Å²) < 4.78 is 15.5. The van der Waals surface area contributed by atoms with Gasteiger partial charge in [0, 0.05) is 6.54 Å². The zero-order valence-corrected chi connectivity index (χ0v) is 18.3. The van der Waals surface area contributed by atoms with Crippen molar-refractivity contribution in [1.82, 2.24) is 9.80 Å². The van der Waals surface area contributed by atoms with E-state index in [0.717, 1.165) is 4.90 Å². The van der Waals surface area contributed by atoms with E-state index in [2.05, 4.69) is 6.58 Å². The molecule has 0 N–H and O–H groups in total. The van der Waals surface area contributed by atoms with Crippen molar-refractivity contribution in [2.45, 2.75) is 24.3 Å². The Morgan fingerprint density at radius 3 is 2.15 bits per heavy atom. The molecule has 1 saturated heterocycles. The van der Waals surface area contributed by atoms with Crippen LogP contribution in [-0.4, -0.2) is 84.5 Å². The third kappa shape index (κ3) is 2.75.